The maximum absolute atomic E-state index is 11.0. The normalized spacial score (nSPS) is 18.0. The van der Waals surface area contributed by atoms with Crippen molar-refractivity contribution in [2.75, 3.05) is 26.9 Å². The van der Waals surface area contributed by atoms with Crippen LogP contribution in [0.1, 0.15) is 12.0 Å². The minimum Gasteiger partial charge on any atom is -0.497 e. The zero-order valence-corrected chi connectivity index (χ0v) is 14.1. The van der Waals surface area contributed by atoms with E-state index in [1.165, 1.54) is 0 Å². The number of morpholine rings is 1. The Hall–Kier alpha value is -2.51. The lowest BCUT2D eigenvalue weighted by Crippen LogP contribution is -2.45. The van der Waals surface area contributed by atoms with Crippen LogP contribution in [0.15, 0.2) is 36.7 Å². The average Bonchev–Trinajstić information content (AvgIpc) is 2.64. The monoisotopic (exact) mass is 343 g/mol. The first-order valence-electron chi connectivity index (χ1n) is 8.14. The van der Waals surface area contributed by atoms with Gasteiger partial charge in [0.1, 0.15) is 5.75 Å². The zero-order valence-electron chi connectivity index (χ0n) is 14.1. The van der Waals surface area contributed by atoms with E-state index in [2.05, 4.69) is 14.9 Å². The van der Waals surface area contributed by atoms with Crippen molar-refractivity contribution in [3.63, 3.8) is 0 Å². The van der Waals surface area contributed by atoms with E-state index in [4.69, 9.17) is 14.6 Å². The Morgan fingerprint density at radius 1 is 1.32 bits per heavy atom. The molecule has 3 rings (SSSR count). The summed E-state index contributed by atoms with van der Waals surface area (Å²) in [5.41, 5.74) is 1.87. The fourth-order valence-electron chi connectivity index (χ4n) is 2.85. The molecule has 1 atom stereocenters. The molecule has 1 N–H and O–H groups in total. The molecule has 0 saturated carbocycles. The molecule has 1 saturated heterocycles. The van der Waals surface area contributed by atoms with Gasteiger partial charge in [0.2, 0.25) is 0 Å². The summed E-state index contributed by atoms with van der Waals surface area (Å²) in [7, 11) is 1.63. The second-order valence-corrected chi connectivity index (χ2v) is 5.94. The van der Waals surface area contributed by atoms with E-state index in [1.54, 1.807) is 19.5 Å². The third-order valence-corrected chi connectivity index (χ3v) is 4.20. The topological polar surface area (TPSA) is 84.8 Å². The highest BCUT2D eigenvalue weighted by molar-refractivity contribution is 5.67. The first kappa shape index (κ1) is 17.3. The fourth-order valence-corrected chi connectivity index (χ4v) is 2.85. The van der Waals surface area contributed by atoms with E-state index >= 15 is 0 Å². The second-order valence-electron chi connectivity index (χ2n) is 5.94. The third kappa shape index (κ3) is 4.52. The van der Waals surface area contributed by atoms with Crippen LogP contribution < -0.4 is 4.74 Å². The van der Waals surface area contributed by atoms with Gasteiger partial charge in [0.25, 0.3) is 0 Å². The molecule has 1 aliphatic rings. The van der Waals surface area contributed by atoms with Crippen LogP contribution in [0.5, 0.6) is 5.75 Å². The molecule has 0 bridgehead atoms. The summed E-state index contributed by atoms with van der Waals surface area (Å²) >= 11 is 0. The van der Waals surface area contributed by atoms with E-state index in [0.717, 1.165) is 16.9 Å². The molecule has 2 heterocycles. The number of methoxy groups -OCH3 is 1. The van der Waals surface area contributed by atoms with Gasteiger partial charge < -0.3 is 14.6 Å². The predicted molar refractivity (Wildman–Crippen MR) is 91.3 cm³/mol. The molecule has 1 aliphatic heterocycles. The summed E-state index contributed by atoms with van der Waals surface area (Å²) in [5, 5.41) is 9.03. The second kappa shape index (κ2) is 8.04. The van der Waals surface area contributed by atoms with Gasteiger partial charge in [0.05, 0.1) is 26.7 Å². The van der Waals surface area contributed by atoms with Crippen molar-refractivity contribution in [2.45, 2.75) is 19.0 Å². The molecule has 1 fully saturated rings. The van der Waals surface area contributed by atoms with Crippen LogP contribution >= 0.6 is 0 Å². The van der Waals surface area contributed by atoms with Crippen LogP contribution in [0.25, 0.3) is 11.4 Å². The van der Waals surface area contributed by atoms with Crippen molar-refractivity contribution in [1.29, 1.82) is 0 Å². The molecule has 2 aromatic rings. The number of ether oxygens (including phenoxy) is 2. The van der Waals surface area contributed by atoms with Crippen LogP contribution in [0.4, 0.5) is 0 Å². The van der Waals surface area contributed by atoms with Crippen LogP contribution in [-0.2, 0) is 16.1 Å². The van der Waals surface area contributed by atoms with Crippen LogP contribution in [-0.4, -0.2) is 58.9 Å². The van der Waals surface area contributed by atoms with Gasteiger partial charge in [-0.3, -0.25) is 9.69 Å². The van der Waals surface area contributed by atoms with Gasteiger partial charge in [-0.15, -0.1) is 0 Å². The first-order chi connectivity index (χ1) is 12.2. The first-order valence-corrected chi connectivity index (χ1v) is 8.14. The molecule has 0 aliphatic carbocycles. The van der Waals surface area contributed by atoms with Crippen LogP contribution in [0, 0.1) is 0 Å². The van der Waals surface area contributed by atoms with E-state index < -0.39 is 5.97 Å². The molecule has 0 spiro atoms. The SMILES string of the molecule is COc1ccc(-c2ncc(CN3CCOCC3CC(=O)O)cn2)cc1. The number of carboxylic acids is 1. The highest BCUT2D eigenvalue weighted by Crippen LogP contribution is 2.20. The van der Waals surface area contributed by atoms with Gasteiger partial charge in [-0.1, -0.05) is 0 Å². The number of nitrogens with zero attached hydrogens (tertiary/aromatic N) is 3. The Bertz CT molecular complexity index is 703. The minimum atomic E-state index is -0.813. The molecular formula is C18H21N3O4. The van der Waals surface area contributed by atoms with Crippen molar-refractivity contribution < 1.29 is 19.4 Å². The van der Waals surface area contributed by atoms with E-state index in [1.807, 2.05) is 24.3 Å². The van der Waals surface area contributed by atoms with Crippen molar-refractivity contribution in [3.05, 3.63) is 42.2 Å². The molecular weight excluding hydrogens is 322 g/mol. The number of hydrogen-bond donors (Lipinski definition) is 1. The molecule has 1 aromatic carbocycles. The van der Waals surface area contributed by atoms with Gasteiger partial charge in [-0.05, 0) is 24.3 Å². The summed E-state index contributed by atoms with van der Waals surface area (Å²) in [6.07, 6.45) is 3.66. The molecule has 132 valence electrons. The molecule has 0 amide bonds. The smallest absolute Gasteiger partial charge is 0.305 e. The lowest BCUT2D eigenvalue weighted by atomic mass is 10.1. The van der Waals surface area contributed by atoms with Crippen LogP contribution in [0.2, 0.25) is 0 Å². The third-order valence-electron chi connectivity index (χ3n) is 4.20. The standard InChI is InChI=1S/C18H21N3O4/c1-24-16-4-2-14(3-5-16)18-19-9-13(10-20-18)11-21-6-7-25-12-15(21)8-17(22)23/h2-5,9-10,15H,6-8,11-12H2,1H3,(H,22,23). The molecule has 1 aromatic heterocycles. The number of aromatic nitrogens is 2. The number of benzene rings is 1. The van der Waals surface area contributed by atoms with Crippen molar-refractivity contribution in [3.8, 4) is 17.1 Å². The fraction of sp³-hybridized carbons (Fsp3) is 0.389. The molecule has 0 radical (unpaired) electrons. The van der Waals surface area contributed by atoms with Gasteiger partial charge >= 0.3 is 5.97 Å². The van der Waals surface area contributed by atoms with Gasteiger partial charge in [0.15, 0.2) is 5.82 Å². The van der Waals surface area contributed by atoms with E-state index in [-0.39, 0.29) is 12.5 Å². The molecule has 1 unspecified atom stereocenters. The van der Waals surface area contributed by atoms with Crippen molar-refractivity contribution in [1.82, 2.24) is 14.9 Å². The Kier molecular flexibility index (Phi) is 5.57. The summed E-state index contributed by atoms with van der Waals surface area (Å²) in [5.74, 6) is 0.624. The van der Waals surface area contributed by atoms with E-state index in [9.17, 15) is 4.79 Å². The van der Waals surface area contributed by atoms with Crippen molar-refractivity contribution in [2.24, 2.45) is 0 Å². The summed E-state index contributed by atoms with van der Waals surface area (Å²) in [6, 6.07) is 7.46. The lowest BCUT2D eigenvalue weighted by molar-refractivity contribution is -0.140. The van der Waals surface area contributed by atoms with Gasteiger partial charge in [0, 0.05) is 42.7 Å². The Morgan fingerprint density at radius 3 is 2.68 bits per heavy atom. The number of carboxylic acid groups (broad SMARTS) is 1. The maximum atomic E-state index is 11.0. The largest absolute Gasteiger partial charge is 0.497 e. The van der Waals surface area contributed by atoms with Crippen LogP contribution in [0.3, 0.4) is 0 Å². The highest BCUT2D eigenvalue weighted by Gasteiger charge is 2.25. The Balaban J connectivity index is 1.67. The number of hydrogen-bond acceptors (Lipinski definition) is 6. The number of aliphatic carboxylic acids is 1. The lowest BCUT2D eigenvalue weighted by Gasteiger charge is -2.34. The highest BCUT2D eigenvalue weighted by atomic mass is 16.5. The van der Waals surface area contributed by atoms with Gasteiger partial charge in [-0.2, -0.15) is 0 Å². The number of rotatable bonds is 6. The summed E-state index contributed by atoms with van der Waals surface area (Å²) in [6.45, 7) is 2.38. The Morgan fingerprint density at radius 2 is 2.04 bits per heavy atom. The summed E-state index contributed by atoms with van der Waals surface area (Å²) in [4.78, 5) is 22.0. The molecule has 7 nitrogen and oxygen atoms in total. The maximum Gasteiger partial charge on any atom is 0.305 e. The van der Waals surface area contributed by atoms with E-state index in [0.29, 0.717) is 32.1 Å². The zero-order chi connectivity index (χ0) is 17.6. The summed E-state index contributed by atoms with van der Waals surface area (Å²) < 4.78 is 10.5. The molecule has 25 heavy (non-hydrogen) atoms. The number of carbonyl (C=O) groups is 1. The quantitative estimate of drug-likeness (QED) is 0.856. The van der Waals surface area contributed by atoms with Gasteiger partial charge in [-0.25, -0.2) is 9.97 Å². The Labute approximate surface area is 146 Å². The van der Waals surface area contributed by atoms with Crippen molar-refractivity contribution >= 4 is 5.97 Å². The predicted octanol–water partition coefficient (Wildman–Crippen LogP) is 1.83. The minimum absolute atomic E-state index is 0.0742. The average molecular weight is 343 g/mol. The molecule has 7 heteroatoms.